The summed E-state index contributed by atoms with van der Waals surface area (Å²) in [6.45, 7) is 6.29. The second-order valence-corrected chi connectivity index (χ2v) is 10.3. The van der Waals surface area contributed by atoms with Crippen LogP contribution in [-0.2, 0) is 16.1 Å². The van der Waals surface area contributed by atoms with Gasteiger partial charge in [-0.05, 0) is 68.1 Å². The third-order valence-electron chi connectivity index (χ3n) is 5.83. The fourth-order valence-corrected chi connectivity index (χ4v) is 4.49. The Hall–Kier alpha value is -3.51. The molecule has 2 amide bonds. The highest BCUT2D eigenvalue weighted by molar-refractivity contribution is 6.30. The summed E-state index contributed by atoms with van der Waals surface area (Å²) in [4.78, 5) is 27.6. The van der Waals surface area contributed by atoms with Crippen molar-refractivity contribution in [3.63, 3.8) is 0 Å². The minimum absolute atomic E-state index is 0.165. The van der Waals surface area contributed by atoms with E-state index in [1.165, 1.54) is 0 Å². The van der Waals surface area contributed by atoms with Crippen molar-refractivity contribution in [2.75, 3.05) is 6.54 Å². The van der Waals surface area contributed by atoms with E-state index in [-0.39, 0.29) is 11.9 Å². The third-order valence-corrected chi connectivity index (χ3v) is 6.06. The summed E-state index contributed by atoms with van der Waals surface area (Å²) in [5.41, 5.74) is 2.21. The summed E-state index contributed by atoms with van der Waals surface area (Å²) in [5, 5.41) is 3.32. The Morgan fingerprint density at radius 1 is 1.03 bits per heavy atom. The molecule has 6 nitrogen and oxygen atoms in total. The number of carbonyl (C=O) groups excluding carboxylic acids is 2. The van der Waals surface area contributed by atoms with Gasteiger partial charge in [0.1, 0.15) is 24.0 Å². The second kappa shape index (κ2) is 11.0. The number of nitrogens with zero attached hydrogens (tertiary/aromatic N) is 1. The van der Waals surface area contributed by atoms with E-state index in [2.05, 4.69) is 5.32 Å². The number of halogens is 1. The Morgan fingerprint density at radius 3 is 2.42 bits per heavy atom. The lowest BCUT2D eigenvalue weighted by molar-refractivity contribution is -0.130. The van der Waals surface area contributed by atoms with Crippen LogP contribution in [-0.4, -0.2) is 35.1 Å². The van der Waals surface area contributed by atoms with Crippen LogP contribution < -0.4 is 10.1 Å². The number of likely N-dealkylation sites (tertiary alicyclic amines) is 1. The average molecular weight is 507 g/mol. The highest BCUT2D eigenvalue weighted by Crippen LogP contribution is 2.35. The molecule has 1 saturated heterocycles. The van der Waals surface area contributed by atoms with Crippen molar-refractivity contribution in [3.05, 3.63) is 101 Å². The number of hydrogen-bond donors (Lipinski definition) is 1. The molecule has 1 N–H and O–H groups in total. The van der Waals surface area contributed by atoms with Crippen LogP contribution in [0.5, 0.6) is 5.75 Å². The predicted molar refractivity (Wildman–Crippen MR) is 140 cm³/mol. The quantitative estimate of drug-likeness (QED) is 0.418. The van der Waals surface area contributed by atoms with E-state index in [0.29, 0.717) is 30.3 Å². The van der Waals surface area contributed by atoms with Crippen molar-refractivity contribution < 1.29 is 19.1 Å². The molecule has 2 atom stereocenters. The maximum atomic E-state index is 13.5. The number of ether oxygens (including phenoxy) is 2. The number of hydrogen-bond acceptors (Lipinski definition) is 4. The van der Waals surface area contributed by atoms with Crippen LogP contribution >= 0.6 is 11.6 Å². The molecule has 1 heterocycles. The molecule has 0 saturated carbocycles. The molecule has 3 aromatic carbocycles. The van der Waals surface area contributed by atoms with Gasteiger partial charge in [0, 0.05) is 11.6 Å². The van der Waals surface area contributed by atoms with Crippen LogP contribution in [0.1, 0.15) is 49.9 Å². The number of amides is 2. The van der Waals surface area contributed by atoms with Crippen LogP contribution in [0.3, 0.4) is 0 Å². The molecule has 188 valence electrons. The largest absolute Gasteiger partial charge is 0.489 e. The monoisotopic (exact) mass is 506 g/mol. The molecule has 0 aromatic heterocycles. The maximum Gasteiger partial charge on any atom is 0.408 e. The average Bonchev–Trinajstić information content (AvgIpc) is 3.17. The number of carbonyl (C=O) groups is 2. The third kappa shape index (κ3) is 6.58. The van der Waals surface area contributed by atoms with Crippen LogP contribution in [0.25, 0.3) is 0 Å². The van der Waals surface area contributed by atoms with E-state index in [0.717, 1.165) is 16.7 Å². The molecule has 36 heavy (non-hydrogen) atoms. The lowest BCUT2D eigenvalue weighted by Crippen LogP contribution is -2.44. The van der Waals surface area contributed by atoms with Crippen molar-refractivity contribution >= 4 is 23.6 Å². The van der Waals surface area contributed by atoms with Gasteiger partial charge in [-0.25, -0.2) is 4.79 Å². The molecule has 1 aliphatic heterocycles. The number of benzene rings is 3. The van der Waals surface area contributed by atoms with Crippen molar-refractivity contribution in [2.45, 2.75) is 51.5 Å². The van der Waals surface area contributed by atoms with Gasteiger partial charge in [-0.2, -0.15) is 0 Å². The summed E-state index contributed by atoms with van der Waals surface area (Å²) in [6.07, 6.45) is -0.113. The fraction of sp³-hybridized carbons (Fsp3) is 0.310. The summed E-state index contributed by atoms with van der Waals surface area (Å²) in [5.74, 6) is 0.542. The van der Waals surface area contributed by atoms with Gasteiger partial charge in [0.15, 0.2) is 0 Å². The van der Waals surface area contributed by atoms with E-state index in [9.17, 15) is 9.59 Å². The fourth-order valence-electron chi connectivity index (χ4n) is 4.29. The van der Waals surface area contributed by atoms with Crippen LogP contribution in [0.4, 0.5) is 4.79 Å². The van der Waals surface area contributed by atoms with Gasteiger partial charge < -0.3 is 19.7 Å². The van der Waals surface area contributed by atoms with E-state index in [1.807, 2.05) is 72.8 Å². The Kier molecular flexibility index (Phi) is 7.85. The Morgan fingerprint density at radius 2 is 1.72 bits per heavy atom. The summed E-state index contributed by atoms with van der Waals surface area (Å²) in [6, 6.07) is 24.2. The molecule has 0 radical (unpaired) electrons. The standard InChI is InChI=1S/C29H31ClN2O4/c1-29(2,3)36-28(34)31-25-15-16-32(27(25)33)26(21-11-7-13-23(30)17-21)22-12-8-14-24(18-22)35-19-20-9-5-4-6-10-20/h4-14,17-18,25-26H,15-16,19H2,1-3H3,(H,31,34)/t25-,26?/m1/s1. The van der Waals surface area contributed by atoms with Gasteiger partial charge in [-0.15, -0.1) is 0 Å². The van der Waals surface area contributed by atoms with Crippen LogP contribution in [0.15, 0.2) is 78.9 Å². The molecule has 0 spiro atoms. The lowest BCUT2D eigenvalue weighted by atomic mass is 9.97. The van der Waals surface area contributed by atoms with Gasteiger partial charge in [-0.3, -0.25) is 4.79 Å². The smallest absolute Gasteiger partial charge is 0.408 e. The Labute approximate surface area is 217 Å². The van der Waals surface area contributed by atoms with Crippen molar-refractivity contribution in [1.29, 1.82) is 0 Å². The number of alkyl carbamates (subject to hydrolysis) is 1. The molecule has 1 unspecified atom stereocenters. The van der Waals surface area contributed by atoms with Gasteiger partial charge in [0.05, 0.1) is 6.04 Å². The SMILES string of the molecule is CC(C)(C)OC(=O)N[C@@H]1CCN(C(c2cccc(Cl)c2)c2cccc(OCc3ccccc3)c2)C1=O. The number of nitrogens with one attached hydrogen (secondary N) is 1. The van der Waals surface area contributed by atoms with Gasteiger partial charge >= 0.3 is 6.09 Å². The van der Waals surface area contributed by atoms with E-state index in [1.54, 1.807) is 31.7 Å². The van der Waals surface area contributed by atoms with E-state index < -0.39 is 17.7 Å². The summed E-state index contributed by atoms with van der Waals surface area (Å²) >= 11 is 6.33. The van der Waals surface area contributed by atoms with Crippen LogP contribution in [0.2, 0.25) is 5.02 Å². The van der Waals surface area contributed by atoms with Crippen molar-refractivity contribution in [1.82, 2.24) is 10.2 Å². The van der Waals surface area contributed by atoms with Gasteiger partial charge in [0.25, 0.3) is 0 Å². The molecule has 3 aromatic rings. The first kappa shape index (κ1) is 25.6. The first-order valence-corrected chi connectivity index (χ1v) is 12.4. The normalized spacial score (nSPS) is 16.5. The molecular formula is C29H31ClN2O4. The van der Waals surface area contributed by atoms with Gasteiger partial charge in [0.2, 0.25) is 5.91 Å². The molecule has 4 rings (SSSR count). The molecule has 1 fully saturated rings. The minimum atomic E-state index is -0.654. The van der Waals surface area contributed by atoms with E-state index >= 15 is 0 Å². The van der Waals surface area contributed by atoms with E-state index in [4.69, 9.17) is 21.1 Å². The highest BCUT2D eigenvalue weighted by Gasteiger charge is 2.39. The molecule has 0 bridgehead atoms. The van der Waals surface area contributed by atoms with Crippen molar-refractivity contribution in [2.24, 2.45) is 0 Å². The zero-order valence-corrected chi connectivity index (χ0v) is 21.5. The predicted octanol–water partition coefficient (Wildman–Crippen LogP) is 6.13. The Balaban J connectivity index is 1.58. The second-order valence-electron chi connectivity index (χ2n) is 9.82. The zero-order valence-electron chi connectivity index (χ0n) is 20.7. The maximum absolute atomic E-state index is 13.5. The van der Waals surface area contributed by atoms with Gasteiger partial charge in [-0.1, -0.05) is 66.2 Å². The molecule has 7 heteroatoms. The first-order chi connectivity index (χ1) is 17.2. The molecule has 1 aliphatic rings. The summed E-state index contributed by atoms with van der Waals surface area (Å²) < 4.78 is 11.4. The molecule has 0 aliphatic carbocycles. The topological polar surface area (TPSA) is 67.9 Å². The number of rotatable bonds is 7. The summed E-state index contributed by atoms with van der Waals surface area (Å²) in [7, 11) is 0. The lowest BCUT2D eigenvalue weighted by Gasteiger charge is -2.30. The minimum Gasteiger partial charge on any atom is -0.489 e. The zero-order chi connectivity index (χ0) is 25.7. The Bertz CT molecular complexity index is 1210. The highest BCUT2D eigenvalue weighted by atomic mass is 35.5. The van der Waals surface area contributed by atoms with Crippen LogP contribution in [0, 0.1) is 0 Å². The molecular weight excluding hydrogens is 476 g/mol. The first-order valence-electron chi connectivity index (χ1n) is 12.0. The van der Waals surface area contributed by atoms with Crippen molar-refractivity contribution in [3.8, 4) is 5.75 Å².